The first-order valence-electron chi connectivity index (χ1n) is 7.29. The Labute approximate surface area is 143 Å². The van der Waals surface area contributed by atoms with Crippen molar-refractivity contribution in [2.45, 2.75) is 43.9 Å². The van der Waals surface area contributed by atoms with Crippen molar-refractivity contribution in [3.8, 4) is 0 Å². The van der Waals surface area contributed by atoms with Crippen LogP contribution < -0.4 is 5.32 Å². The maximum absolute atomic E-state index is 4.83. The maximum Gasteiger partial charge on any atom is 0.103 e. The minimum atomic E-state index is 0.951. The molecule has 114 valence electrons. The molecular weight excluding hydrogens is 364 g/mol. The number of nitrogens with zero attached hydrogens (tertiary/aromatic N) is 1. The standard InChI is InChI=1S/C16H21BrN2S2/c1-3-5-14-15(10-18-4-2)21-16(19-14)11-20-13-8-6-12(17)7-9-13/h6-9,18H,3-5,10-11H2,1-2H3. The van der Waals surface area contributed by atoms with Gasteiger partial charge in [0.05, 0.1) is 11.4 Å². The molecule has 5 heteroatoms. The van der Waals surface area contributed by atoms with Gasteiger partial charge < -0.3 is 5.32 Å². The van der Waals surface area contributed by atoms with E-state index in [2.05, 4.69) is 59.4 Å². The summed E-state index contributed by atoms with van der Waals surface area (Å²) in [5.41, 5.74) is 1.29. The van der Waals surface area contributed by atoms with Crippen LogP contribution in [-0.2, 0) is 18.7 Å². The predicted molar refractivity (Wildman–Crippen MR) is 97.2 cm³/mol. The molecule has 0 radical (unpaired) electrons. The fraction of sp³-hybridized carbons (Fsp3) is 0.438. The molecule has 0 saturated heterocycles. The summed E-state index contributed by atoms with van der Waals surface area (Å²) in [7, 11) is 0. The fourth-order valence-corrected chi connectivity index (χ4v) is 4.22. The van der Waals surface area contributed by atoms with Gasteiger partial charge in [0.2, 0.25) is 0 Å². The molecule has 0 bridgehead atoms. The number of aryl methyl sites for hydroxylation is 1. The van der Waals surface area contributed by atoms with Crippen molar-refractivity contribution in [3.05, 3.63) is 44.3 Å². The van der Waals surface area contributed by atoms with Gasteiger partial charge >= 0.3 is 0 Å². The van der Waals surface area contributed by atoms with Crippen molar-refractivity contribution in [2.24, 2.45) is 0 Å². The zero-order valence-corrected chi connectivity index (χ0v) is 15.7. The molecule has 0 aliphatic rings. The third-order valence-corrected chi connectivity index (χ3v) is 5.85. The highest BCUT2D eigenvalue weighted by molar-refractivity contribution is 9.10. The van der Waals surface area contributed by atoms with Gasteiger partial charge in [-0.25, -0.2) is 4.98 Å². The Kier molecular flexibility index (Phi) is 7.23. The van der Waals surface area contributed by atoms with E-state index >= 15 is 0 Å². The van der Waals surface area contributed by atoms with Crippen LogP contribution in [0.25, 0.3) is 0 Å². The molecule has 0 aliphatic heterocycles. The van der Waals surface area contributed by atoms with Crippen LogP contribution in [0.2, 0.25) is 0 Å². The lowest BCUT2D eigenvalue weighted by Crippen LogP contribution is -2.11. The normalized spacial score (nSPS) is 11.0. The molecule has 2 aromatic rings. The number of benzene rings is 1. The number of rotatable bonds is 8. The number of halogens is 1. The SMILES string of the molecule is CCCc1nc(CSc2ccc(Br)cc2)sc1CNCC. The van der Waals surface area contributed by atoms with E-state index < -0.39 is 0 Å². The minimum absolute atomic E-state index is 0.951. The number of hydrogen-bond acceptors (Lipinski definition) is 4. The van der Waals surface area contributed by atoms with Crippen LogP contribution in [-0.4, -0.2) is 11.5 Å². The van der Waals surface area contributed by atoms with E-state index in [1.54, 1.807) is 0 Å². The molecule has 21 heavy (non-hydrogen) atoms. The Balaban J connectivity index is 2.00. The fourth-order valence-electron chi connectivity index (χ4n) is 1.98. The summed E-state index contributed by atoms with van der Waals surface area (Å²) in [4.78, 5) is 7.53. The number of thioether (sulfide) groups is 1. The molecule has 0 atom stereocenters. The highest BCUT2D eigenvalue weighted by Gasteiger charge is 2.10. The van der Waals surface area contributed by atoms with Crippen LogP contribution in [0.4, 0.5) is 0 Å². The molecule has 0 amide bonds. The number of hydrogen-bond donors (Lipinski definition) is 1. The Hall–Kier alpha value is -0.360. The van der Waals surface area contributed by atoms with Crippen molar-refractivity contribution < 1.29 is 0 Å². The van der Waals surface area contributed by atoms with E-state index in [-0.39, 0.29) is 0 Å². The Bertz CT molecular complexity index is 552. The number of thiazole rings is 1. The molecule has 0 saturated carbocycles. The van der Waals surface area contributed by atoms with Crippen molar-refractivity contribution in [1.82, 2.24) is 10.3 Å². The van der Waals surface area contributed by atoms with E-state index in [0.717, 1.165) is 36.2 Å². The summed E-state index contributed by atoms with van der Waals surface area (Å²) in [6.07, 6.45) is 2.24. The zero-order chi connectivity index (χ0) is 15.1. The smallest absolute Gasteiger partial charge is 0.103 e. The molecule has 0 unspecified atom stereocenters. The van der Waals surface area contributed by atoms with Gasteiger partial charge in [0.25, 0.3) is 0 Å². The van der Waals surface area contributed by atoms with E-state index in [9.17, 15) is 0 Å². The van der Waals surface area contributed by atoms with Crippen molar-refractivity contribution >= 4 is 39.0 Å². The molecule has 0 spiro atoms. The molecule has 1 aromatic heterocycles. The first-order valence-corrected chi connectivity index (χ1v) is 9.89. The molecule has 1 N–H and O–H groups in total. The van der Waals surface area contributed by atoms with Gasteiger partial charge in [-0.1, -0.05) is 36.2 Å². The van der Waals surface area contributed by atoms with Crippen LogP contribution in [0.1, 0.15) is 35.8 Å². The van der Waals surface area contributed by atoms with Crippen LogP contribution in [0, 0.1) is 0 Å². The minimum Gasteiger partial charge on any atom is -0.312 e. The lowest BCUT2D eigenvalue weighted by molar-refractivity contribution is 0.723. The molecule has 2 rings (SSSR count). The molecule has 1 heterocycles. The Morgan fingerprint density at radius 1 is 1.24 bits per heavy atom. The second-order valence-electron chi connectivity index (χ2n) is 4.75. The third-order valence-electron chi connectivity index (χ3n) is 3.02. The molecule has 0 aliphatic carbocycles. The van der Waals surface area contributed by atoms with Crippen LogP contribution in [0.5, 0.6) is 0 Å². The van der Waals surface area contributed by atoms with E-state index in [1.165, 1.54) is 20.5 Å². The van der Waals surface area contributed by atoms with Crippen LogP contribution in [0.3, 0.4) is 0 Å². The molecule has 0 fully saturated rings. The summed E-state index contributed by atoms with van der Waals surface area (Å²) < 4.78 is 1.12. The predicted octanol–water partition coefficient (Wildman–Crippen LogP) is 5.26. The number of aromatic nitrogens is 1. The van der Waals surface area contributed by atoms with E-state index in [4.69, 9.17) is 4.98 Å². The topological polar surface area (TPSA) is 24.9 Å². The highest BCUT2D eigenvalue weighted by atomic mass is 79.9. The van der Waals surface area contributed by atoms with Crippen molar-refractivity contribution in [2.75, 3.05) is 6.54 Å². The number of nitrogens with one attached hydrogen (secondary N) is 1. The summed E-state index contributed by atoms with van der Waals surface area (Å²) in [5, 5.41) is 4.65. The Morgan fingerprint density at radius 2 is 2.00 bits per heavy atom. The van der Waals surface area contributed by atoms with Gasteiger partial charge in [-0.2, -0.15) is 0 Å². The summed E-state index contributed by atoms with van der Waals surface area (Å²) >= 11 is 7.18. The second kappa shape index (κ2) is 8.93. The van der Waals surface area contributed by atoms with E-state index in [1.807, 2.05) is 23.1 Å². The lowest BCUT2D eigenvalue weighted by Gasteiger charge is -2.00. The maximum atomic E-state index is 4.83. The van der Waals surface area contributed by atoms with Gasteiger partial charge in [0, 0.05) is 20.8 Å². The lowest BCUT2D eigenvalue weighted by atomic mass is 10.2. The summed E-state index contributed by atoms with van der Waals surface area (Å²) in [6, 6.07) is 8.47. The first-order chi connectivity index (χ1) is 10.2. The monoisotopic (exact) mass is 384 g/mol. The second-order valence-corrected chi connectivity index (χ2v) is 7.88. The van der Waals surface area contributed by atoms with Gasteiger partial charge in [-0.3, -0.25) is 0 Å². The molecular formula is C16H21BrN2S2. The van der Waals surface area contributed by atoms with Crippen molar-refractivity contribution in [3.63, 3.8) is 0 Å². The quantitative estimate of drug-likeness (QED) is 0.628. The highest BCUT2D eigenvalue weighted by Crippen LogP contribution is 2.28. The average molecular weight is 385 g/mol. The third kappa shape index (κ3) is 5.40. The average Bonchev–Trinajstić information content (AvgIpc) is 2.87. The summed E-state index contributed by atoms with van der Waals surface area (Å²) in [5.74, 6) is 0.954. The largest absolute Gasteiger partial charge is 0.312 e. The molecule has 2 nitrogen and oxygen atoms in total. The van der Waals surface area contributed by atoms with Gasteiger partial charge in [-0.05, 0) is 37.2 Å². The van der Waals surface area contributed by atoms with E-state index in [0.29, 0.717) is 0 Å². The van der Waals surface area contributed by atoms with Gasteiger partial charge in [-0.15, -0.1) is 23.1 Å². The summed E-state index contributed by atoms with van der Waals surface area (Å²) in [6.45, 7) is 6.32. The van der Waals surface area contributed by atoms with Crippen LogP contribution in [0.15, 0.2) is 33.6 Å². The van der Waals surface area contributed by atoms with Crippen molar-refractivity contribution in [1.29, 1.82) is 0 Å². The molecule has 1 aromatic carbocycles. The first kappa shape index (κ1) is 17.0. The van der Waals surface area contributed by atoms with Gasteiger partial charge in [0.1, 0.15) is 5.01 Å². The van der Waals surface area contributed by atoms with Gasteiger partial charge in [0.15, 0.2) is 0 Å². The van der Waals surface area contributed by atoms with Crippen LogP contribution >= 0.6 is 39.0 Å². The zero-order valence-electron chi connectivity index (χ0n) is 12.5. The Morgan fingerprint density at radius 3 is 2.67 bits per heavy atom.